The van der Waals surface area contributed by atoms with Gasteiger partial charge in [0.2, 0.25) is 0 Å². The van der Waals surface area contributed by atoms with E-state index in [9.17, 15) is 5.11 Å². The van der Waals surface area contributed by atoms with Crippen LogP contribution in [-0.2, 0) is 6.42 Å². The molecular weight excluding hydrogens is 192 g/mol. The second-order valence-electron chi connectivity index (χ2n) is 3.43. The van der Waals surface area contributed by atoms with Crippen molar-refractivity contribution in [1.82, 2.24) is 0 Å². The first-order chi connectivity index (χ1) is 7.13. The van der Waals surface area contributed by atoms with Crippen molar-refractivity contribution < 1.29 is 9.84 Å². The van der Waals surface area contributed by atoms with Gasteiger partial charge in [-0.25, -0.2) is 0 Å². The summed E-state index contributed by atoms with van der Waals surface area (Å²) in [5.41, 5.74) is 13.0. The van der Waals surface area contributed by atoms with Gasteiger partial charge in [0.25, 0.3) is 0 Å². The van der Waals surface area contributed by atoms with Gasteiger partial charge in [-0.1, -0.05) is 13.0 Å². The van der Waals surface area contributed by atoms with Crippen LogP contribution in [0.15, 0.2) is 12.1 Å². The highest BCUT2D eigenvalue weighted by molar-refractivity contribution is 5.49. The largest absolute Gasteiger partial charge is 0.504 e. The van der Waals surface area contributed by atoms with E-state index in [0.29, 0.717) is 17.9 Å². The Balaban J connectivity index is 3.23. The van der Waals surface area contributed by atoms with Crippen molar-refractivity contribution in [2.45, 2.75) is 19.4 Å². The van der Waals surface area contributed by atoms with Crippen molar-refractivity contribution in [1.29, 1.82) is 0 Å². The Bertz CT molecular complexity index is 340. The van der Waals surface area contributed by atoms with Crippen molar-refractivity contribution in [2.24, 2.45) is 11.5 Å². The molecule has 4 nitrogen and oxygen atoms in total. The van der Waals surface area contributed by atoms with E-state index in [1.54, 1.807) is 0 Å². The normalized spacial score (nSPS) is 12.5. The molecule has 0 aromatic heterocycles. The fraction of sp³-hybridized carbons (Fsp3) is 0.455. The van der Waals surface area contributed by atoms with Crippen LogP contribution >= 0.6 is 0 Å². The molecule has 15 heavy (non-hydrogen) atoms. The van der Waals surface area contributed by atoms with Crippen LogP contribution in [0.5, 0.6) is 11.5 Å². The van der Waals surface area contributed by atoms with Gasteiger partial charge in [-0.2, -0.15) is 0 Å². The lowest BCUT2D eigenvalue weighted by Gasteiger charge is -2.15. The first-order valence-corrected chi connectivity index (χ1v) is 4.99. The van der Waals surface area contributed by atoms with E-state index in [-0.39, 0.29) is 11.8 Å². The highest BCUT2D eigenvalue weighted by atomic mass is 16.5. The first-order valence-electron chi connectivity index (χ1n) is 4.99. The lowest BCUT2D eigenvalue weighted by molar-refractivity contribution is 0.368. The maximum absolute atomic E-state index is 9.85. The van der Waals surface area contributed by atoms with Gasteiger partial charge in [-0.15, -0.1) is 0 Å². The predicted molar refractivity (Wildman–Crippen MR) is 60.0 cm³/mol. The molecule has 4 heteroatoms. The molecule has 0 fully saturated rings. The summed E-state index contributed by atoms with van der Waals surface area (Å²) in [7, 11) is 1.52. The molecule has 0 saturated carbocycles. The van der Waals surface area contributed by atoms with E-state index in [1.165, 1.54) is 7.11 Å². The quantitative estimate of drug-likeness (QED) is 0.690. The molecule has 0 spiro atoms. The van der Waals surface area contributed by atoms with Crippen molar-refractivity contribution in [3.05, 3.63) is 23.3 Å². The molecule has 0 heterocycles. The van der Waals surface area contributed by atoms with Gasteiger partial charge in [0.05, 0.1) is 7.11 Å². The minimum Gasteiger partial charge on any atom is -0.504 e. The maximum atomic E-state index is 9.85. The Morgan fingerprint density at radius 3 is 2.60 bits per heavy atom. The zero-order chi connectivity index (χ0) is 11.4. The molecule has 0 amide bonds. The second-order valence-corrected chi connectivity index (χ2v) is 3.43. The van der Waals surface area contributed by atoms with Crippen LogP contribution in [-0.4, -0.2) is 18.8 Å². The number of aryl methyl sites for hydroxylation is 1. The van der Waals surface area contributed by atoms with E-state index in [1.807, 2.05) is 19.1 Å². The zero-order valence-corrected chi connectivity index (χ0v) is 9.16. The van der Waals surface area contributed by atoms with Crippen LogP contribution in [0.4, 0.5) is 0 Å². The molecule has 1 atom stereocenters. The first kappa shape index (κ1) is 11.8. The third kappa shape index (κ3) is 2.40. The van der Waals surface area contributed by atoms with Crippen LogP contribution in [0.2, 0.25) is 0 Å². The van der Waals surface area contributed by atoms with Gasteiger partial charge in [0, 0.05) is 18.2 Å². The van der Waals surface area contributed by atoms with Gasteiger partial charge < -0.3 is 21.3 Å². The minimum atomic E-state index is -0.356. The van der Waals surface area contributed by atoms with Crippen LogP contribution in [0.1, 0.15) is 24.1 Å². The summed E-state index contributed by atoms with van der Waals surface area (Å²) in [5, 5.41) is 9.85. The van der Waals surface area contributed by atoms with Crippen LogP contribution in [0, 0.1) is 0 Å². The molecule has 1 aromatic carbocycles. The molecule has 84 valence electrons. The summed E-state index contributed by atoms with van der Waals surface area (Å²) in [6.45, 7) is 2.33. The second kappa shape index (κ2) is 5.00. The van der Waals surface area contributed by atoms with Crippen LogP contribution in [0.3, 0.4) is 0 Å². The molecule has 0 unspecified atom stereocenters. The summed E-state index contributed by atoms with van der Waals surface area (Å²) in [6, 6.07) is 3.32. The summed E-state index contributed by atoms with van der Waals surface area (Å²) < 4.78 is 5.08. The molecule has 0 aliphatic rings. The number of phenols is 1. The number of nitrogens with two attached hydrogens (primary N) is 2. The Labute approximate surface area is 89.8 Å². The molecule has 5 N–H and O–H groups in total. The van der Waals surface area contributed by atoms with Crippen molar-refractivity contribution >= 4 is 0 Å². The number of hydrogen-bond donors (Lipinski definition) is 3. The van der Waals surface area contributed by atoms with Crippen molar-refractivity contribution in [3.63, 3.8) is 0 Å². The highest BCUT2D eigenvalue weighted by Crippen LogP contribution is 2.34. The Hall–Kier alpha value is -1.26. The molecule has 0 radical (unpaired) electrons. The van der Waals surface area contributed by atoms with Gasteiger partial charge in [0.15, 0.2) is 11.5 Å². The van der Waals surface area contributed by atoms with E-state index in [2.05, 4.69) is 0 Å². The SMILES string of the molecule is CCc1cc(OC)c(O)c([C@@H](N)CN)c1. The summed E-state index contributed by atoms with van der Waals surface area (Å²) in [5.74, 6) is 0.543. The van der Waals surface area contributed by atoms with Gasteiger partial charge in [-0.3, -0.25) is 0 Å². The standard InChI is InChI=1S/C11H18N2O2/c1-3-7-4-8(9(13)6-12)11(14)10(5-7)15-2/h4-5,9,14H,3,6,12-13H2,1-2H3/t9-/m0/s1. The Morgan fingerprint density at radius 1 is 1.47 bits per heavy atom. The number of benzene rings is 1. The Kier molecular flexibility index (Phi) is 3.94. The number of ether oxygens (including phenoxy) is 1. The molecule has 0 bridgehead atoms. The fourth-order valence-electron chi connectivity index (χ4n) is 1.46. The molecule has 0 aliphatic carbocycles. The topological polar surface area (TPSA) is 81.5 Å². The van der Waals surface area contributed by atoms with Gasteiger partial charge >= 0.3 is 0 Å². The van der Waals surface area contributed by atoms with Crippen LogP contribution in [0.25, 0.3) is 0 Å². The molecule has 1 aromatic rings. The molecule has 0 aliphatic heterocycles. The predicted octanol–water partition coefficient (Wildman–Crippen LogP) is 0.922. The summed E-state index contributed by atoms with van der Waals surface area (Å²) in [4.78, 5) is 0. The number of phenolic OH excluding ortho intramolecular Hbond substituents is 1. The highest BCUT2D eigenvalue weighted by Gasteiger charge is 2.14. The third-order valence-corrected chi connectivity index (χ3v) is 2.45. The van der Waals surface area contributed by atoms with Crippen molar-refractivity contribution in [2.75, 3.05) is 13.7 Å². The van der Waals surface area contributed by atoms with Gasteiger partial charge in [-0.05, 0) is 18.1 Å². The van der Waals surface area contributed by atoms with Crippen molar-refractivity contribution in [3.8, 4) is 11.5 Å². The molecular formula is C11H18N2O2. The number of methoxy groups -OCH3 is 1. The average Bonchev–Trinajstić information content (AvgIpc) is 2.28. The Morgan fingerprint density at radius 2 is 2.13 bits per heavy atom. The molecule has 1 rings (SSSR count). The van der Waals surface area contributed by atoms with E-state index < -0.39 is 0 Å². The van der Waals surface area contributed by atoms with E-state index in [0.717, 1.165) is 12.0 Å². The third-order valence-electron chi connectivity index (χ3n) is 2.45. The van der Waals surface area contributed by atoms with Crippen LogP contribution < -0.4 is 16.2 Å². The number of aromatic hydroxyl groups is 1. The summed E-state index contributed by atoms with van der Waals surface area (Å²) >= 11 is 0. The van der Waals surface area contributed by atoms with E-state index in [4.69, 9.17) is 16.2 Å². The van der Waals surface area contributed by atoms with E-state index >= 15 is 0 Å². The lowest BCUT2D eigenvalue weighted by atomic mass is 10.0. The smallest absolute Gasteiger partial charge is 0.162 e. The average molecular weight is 210 g/mol. The summed E-state index contributed by atoms with van der Waals surface area (Å²) in [6.07, 6.45) is 0.862. The lowest BCUT2D eigenvalue weighted by Crippen LogP contribution is -2.21. The van der Waals surface area contributed by atoms with Gasteiger partial charge in [0.1, 0.15) is 0 Å². The molecule has 0 saturated heterocycles. The fourth-order valence-corrected chi connectivity index (χ4v) is 1.46. The monoisotopic (exact) mass is 210 g/mol. The maximum Gasteiger partial charge on any atom is 0.162 e. The number of rotatable bonds is 4. The zero-order valence-electron chi connectivity index (χ0n) is 9.16. The number of hydrogen-bond acceptors (Lipinski definition) is 4. The minimum absolute atomic E-state index is 0.0904.